The molecule has 1 fully saturated rings. The number of aromatic nitrogens is 1. The molecule has 0 radical (unpaired) electrons. The summed E-state index contributed by atoms with van der Waals surface area (Å²) in [6.07, 6.45) is 7.47. The molecule has 0 bridgehead atoms. The van der Waals surface area contributed by atoms with Crippen molar-refractivity contribution in [3.63, 3.8) is 0 Å². The summed E-state index contributed by atoms with van der Waals surface area (Å²) in [5.74, 6) is 0.686. The third-order valence-electron chi connectivity index (χ3n) is 2.74. The second-order valence-electron chi connectivity index (χ2n) is 4.08. The van der Waals surface area contributed by atoms with Crippen molar-refractivity contribution in [3.8, 4) is 0 Å². The van der Waals surface area contributed by atoms with E-state index in [1.165, 1.54) is 13.0 Å². The quantitative estimate of drug-likeness (QED) is 0.716. The predicted molar refractivity (Wildman–Crippen MR) is 63.9 cm³/mol. The van der Waals surface area contributed by atoms with Gasteiger partial charge in [0.2, 0.25) is 0 Å². The van der Waals surface area contributed by atoms with Crippen LogP contribution in [0.4, 0.5) is 0 Å². The first kappa shape index (κ1) is 10.7. The van der Waals surface area contributed by atoms with E-state index >= 15 is 0 Å². The lowest BCUT2D eigenvalue weighted by atomic mass is 10.1. The van der Waals surface area contributed by atoms with E-state index < -0.39 is 0 Å². The van der Waals surface area contributed by atoms with Gasteiger partial charge in [0.25, 0.3) is 0 Å². The maximum absolute atomic E-state index is 5.72. The number of hydrogen-bond donors (Lipinski definition) is 0. The highest BCUT2D eigenvalue weighted by atomic mass is 35.5. The molecule has 0 unspecified atom stereocenters. The first-order valence-corrected chi connectivity index (χ1v) is 5.60. The first-order valence-electron chi connectivity index (χ1n) is 5.22. The van der Waals surface area contributed by atoms with Gasteiger partial charge in [0.1, 0.15) is 5.15 Å². The molecule has 0 aromatic carbocycles. The smallest absolute Gasteiger partial charge is 0.129 e. The van der Waals surface area contributed by atoms with Gasteiger partial charge in [-0.2, -0.15) is 0 Å². The highest BCUT2D eigenvalue weighted by Crippen LogP contribution is 2.17. The van der Waals surface area contributed by atoms with Crippen LogP contribution in [0.5, 0.6) is 0 Å². The fraction of sp³-hybridized carbons (Fsp3) is 0.417. The summed E-state index contributed by atoms with van der Waals surface area (Å²) in [4.78, 5) is 6.40. The lowest BCUT2D eigenvalue weighted by Gasteiger charge is -2.05. The van der Waals surface area contributed by atoms with E-state index in [1.54, 1.807) is 6.20 Å². The molecular weight excluding hydrogens is 208 g/mol. The standard InChI is InChI=1S/C12H15ClN2/c1-15-7-6-11(9-15)3-2-10-4-5-12(13)14-8-10/h2-5,8,11H,6-7,9H2,1H3/b3-2+/t11-/m0/s1. The first-order chi connectivity index (χ1) is 7.24. The van der Waals surface area contributed by atoms with Gasteiger partial charge >= 0.3 is 0 Å². The number of rotatable bonds is 2. The van der Waals surface area contributed by atoms with Crippen molar-refractivity contribution in [3.05, 3.63) is 35.1 Å². The average molecular weight is 223 g/mol. The molecule has 15 heavy (non-hydrogen) atoms. The van der Waals surface area contributed by atoms with Gasteiger partial charge < -0.3 is 4.90 Å². The van der Waals surface area contributed by atoms with E-state index in [2.05, 4.69) is 29.1 Å². The van der Waals surface area contributed by atoms with E-state index in [1.807, 2.05) is 12.1 Å². The molecule has 0 spiro atoms. The molecule has 2 heterocycles. The maximum atomic E-state index is 5.72. The molecule has 1 aromatic rings. The third-order valence-corrected chi connectivity index (χ3v) is 2.96. The Labute approximate surface area is 95.6 Å². The second-order valence-corrected chi connectivity index (χ2v) is 4.47. The van der Waals surface area contributed by atoms with Gasteiger partial charge in [-0.3, -0.25) is 0 Å². The van der Waals surface area contributed by atoms with Crippen LogP contribution in [0.15, 0.2) is 24.4 Å². The summed E-state index contributed by atoms with van der Waals surface area (Å²) in [5.41, 5.74) is 1.12. The molecule has 0 amide bonds. The number of pyridine rings is 1. The fourth-order valence-electron chi connectivity index (χ4n) is 1.86. The van der Waals surface area contributed by atoms with Gasteiger partial charge in [-0.15, -0.1) is 0 Å². The Morgan fingerprint density at radius 3 is 3.00 bits per heavy atom. The van der Waals surface area contributed by atoms with Crippen LogP contribution in [0.2, 0.25) is 5.15 Å². The normalized spacial score (nSPS) is 22.7. The molecule has 1 aliphatic heterocycles. The van der Waals surface area contributed by atoms with E-state index in [9.17, 15) is 0 Å². The molecule has 1 aromatic heterocycles. The SMILES string of the molecule is CN1CC[C@H](/C=C/c2ccc(Cl)nc2)C1. The number of hydrogen-bond acceptors (Lipinski definition) is 2. The van der Waals surface area contributed by atoms with E-state index in [-0.39, 0.29) is 0 Å². The van der Waals surface area contributed by atoms with Crippen LogP contribution in [-0.4, -0.2) is 30.0 Å². The van der Waals surface area contributed by atoms with Crippen LogP contribution in [0, 0.1) is 5.92 Å². The Morgan fingerprint density at radius 1 is 1.53 bits per heavy atom. The summed E-state index contributed by atoms with van der Waals surface area (Å²) in [7, 11) is 2.16. The van der Waals surface area contributed by atoms with Crippen molar-refractivity contribution in [2.75, 3.05) is 20.1 Å². The lowest BCUT2D eigenvalue weighted by molar-refractivity contribution is 0.408. The largest absolute Gasteiger partial charge is 0.306 e. The van der Waals surface area contributed by atoms with Crippen molar-refractivity contribution in [1.29, 1.82) is 0 Å². The number of halogens is 1. The molecule has 0 aliphatic carbocycles. The van der Waals surface area contributed by atoms with Crippen molar-refractivity contribution in [2.24, 2.45) is 5.92 Å². The highest BCUT2D eigenvalue weighted by Gasteiger charge is 2.15. The van der Waals surface area contributed by atoms with Crippen LogP contribution in [0.1, 0.15) is 12.0 Å². The Bertz CT molecular complexity index is 345. The summed E-state index contributed by atoms with van der Waals surface area (Å²) in [5, 5.41) is 0.549. The van der Waals surface area contributed by atoms with E-state index in [0.717, 1.165) is 12.1 Å². The van der Waals surface area contributed by atoms with Gasteiger partial charge in [-0.1, -0.05) is 29.8 Å². The predicted octanol–water partition coefficient (Wildman–Crippen LogP) is 2.70. The second kappa shape index (κ2) is 4.77. The maximum Gasteiger partial charge on any atom is 0.129 e. The number of likely N-dealkylation sites (tertiary alicyclic amines) is 1. The van der Waals surface area contributed by atoms with Gasteiger partial charge in [-0.05, 0) is 37.6 Å². The van der Waals surface area contributed by atoms with Crippen LogP contribution in [0.3, 0.4) is 0 Å². The van der Waals surface area contributed by atoms with Gasteiger partial charge in [0.15, 0.2) is 0 Å². The van der Waals surface area contributed by atoms with Crippen molar-refractivity contribution in [1.82, 2.24) is 9.88 Å². The average Bonchev–Trinajstić information content (AvgIpc) is 2.64. The minimum Gasteiger partial charge on any atom is -0.306 e. The zero-order chi connectivity index (χ0) is 10.7. The Balaban J connectivity index is 1.96. The minimum atomic E-state index is 0.549. The monoisotopic (exact) mass is 222 g/mol. The van der Waals surface area contributed by atoms with Gasteiger partial charge in [0, 0.05) is 12.7 Å². The zero-order valence-electron chi connectivity index (χ0n) is 8.86. The van der Waals surface area contributed by atoms with Crippen LogP contribution in [0.25, 0.3) is 6.08 Å². The molecule has 0 N–H and O–H groups in total. The molecule has 1 atom stereocenters. The summed E-state index contributed by atoms with van der Waals surface area (Å²) < 4.78 is 0. The zero-order valence-corrected chi connectivity index (χ0v) is 9.61. The minimum absolute atomic E-state index is 0.549. The molecule has 2 nitrogen and oxygen atoms in total. The summed E-state index contributed by atoms with van der Waals surface area (Å²) >= 11 is 5.72. The van der Waals surface area contributed by atoms with Crippen LogP contribution in [-0.2, 0) is 0 Å². The lowest BCUT2D eigenvalue weighted by Crippen LogP contribution is -2.13. The molecule has 80 valence electrons. The van der Waals surface area contributed by atoms with E-state index in [4.69, 9.17) is 11.6 Å². The Morgan fingerprint density at radius 2 is 2.40 bits per heavy atom. The van der Waals surface area contributed by atoms with Crippen LogP contribution >= 0.6 is 11.6 Å². The molecule has 2 rings (SSSR count). The highest BCUT2D eigenvalue weighted by molar-refractivity contribution is 6.29. The summed E-state index contributed by atoms with van der Waals surface area (Å²) in [6.45, 7) is 2.37. The van der Waals surface area contributed by atoms with Crippen molar-refractivity contribution < 1.29 is 0 Å². The van der Waals surface area contributed by atoms with E-state index in [0.29, 0.717) is 11.1 Å². The fourth-order valence-corrected chi connectivity index (χ4v) is 1.97. The van der Waals surface area contributed by atoms with Crippen molar-refractivity contribution in [2.45, 2.75) is 6.42 Å². The van der Waals surface area contributed by atoms with Gasteiger partial charge in [-0.25, -0.2) is 4.98 Å². The van der Waals surface area contributed by atoms with Gasteiger partial charge in [0.05, 0.1) is 0 Å². The molecule has 1 aliphatic rings. The summed E-state index contributed by atoms with van der Waals surface area (Å²) in [6, 6.07) is 3.81. The Hall–Kier alpha value is -0.860. The van der Waals surface area contributed by atoms with Crippen LogP contribution < -0.4 is 0 Å². The molecule has 0 saturated carbocycles. The van der Waals surface area contributed by atoms with Crippen molar-refractivity contribution >= 4 is 17.7 Å². The molecule has 3 heteroatoms. The Kier molecular flexibility index (Phi) is 3.39. The molecular formula is C12H15ClN2. The third kappa shape index (κ3) is 3.05. The molecule has 1 saturated heterocycles. The topological polar surface area (TPSA) is 16.1 Å². The number of nitrogens with zero attached hydrogens (tertiary/aromatic N) is 2.